The van der Waals surface area contributed by atoms with Crippen LogP contribution in [-0.2, 0) is 11.3 Å². The van der Waals surface area contributed by atoms with E-state index < -0.39 is 0 Å². The minimum atomic E-state index is -0.240. The number of carbonyl (C=O) groups excluding carboxylic acids is 1. The number of nitrogens with zero attached hydrogens (tertiary/aromatic N) is 5. The van der Waals surface area contributed by atoms with Gasteiger partial charge in [0, 0.05) is 13.1 Å². The third kappa shape index (κ3) is 3.00. The maximum absolute atomic E-state index is 12.8. The highest BCUT2D eigenvalue weighted by Gasteiger charge is 2.22. The number of piperidine rings is 1. The number of likely N-dealkylation sites (tertiary alicyclic amines) is 1. The van der Waals surface area contributed by atoms with E-state index in [0.717, 1.165) is 31.6 Å². The Morgan fingerprint density at radius 2 is 2.08 bits per heavy atom. The molecule has 1 fully saturated rings. The topological polar surface area (TPSA) is 73.0 Å². The Morgan fingerprint density at radius 3 is 2.85 bits per heavy atom. The monoisotopic (exact) mass is 351 g/mol. The van der Waals surface area contributed by atoms with E-state index in [-0.39, 0.29) is 18.0 Å². The second-order valence-electron chi connectivity index (χ2n) is 6.89. The van der Waals surface area contributed by atoms with E-state index in [0.29, 0.717) is 17.0 Å². The fourth-order valence-corrected chi connectivity index (χ4v) is 3.48. The molecular weight excluding hydrogens is 330 g/mol. The Bertz CT molecular complexity index is 992. The molecule has 4 rings (SSSR count). The Morgan fingerprint density at radius 1 is 1.27 bits per heavy atom. The minimum Gasteiger partial charge on any atom is -0.341 e. The van der Waals surface area contributed by atoms with Crippen LogP contribution in [0, 0.1) is 5.92 Å². The molecule has 3 aromatic rings. The highest BCUT2D eigenvalue weighted by atomic mass is 16.2. The van der Waals surface area contributed by atoms with Gasteiger partial charge in [0.25, 0.3) is 5.56 Å². The summed E-state index contributed by atoms with van der Waals surface area (Å²) < 4.78 is 3.01. The van der Waals surface area contributed by atoms with Gasteiger partial charge in [-0.25, -0.2) is 9.67 Å². The summed E-state index contributed by atoms with van der Waals surface area (Å²) >= 11 is 0. The fraction of sp³-hybridized carbons (Fsp3) is 0.368. The van der Waals surface area contributed by atoms with Crippen LogP contribution in [0.15, 0.2) is 47.7 Å². The lowest BCUT2D eigenvalue weighted by Crippen LogP contribution is -2.42. The number of benzene rings is 1. The van der Waals surface area contributed by atoms with Gasteiger partial charge in [0.2, 0.25) is 5.91 Å². The highest BCUT2D eigenvalue weighted by Crippen LogP contribution is 2.16. The van der Waals surface area contributed by atoms with Gasteiger partial charge in [-0.2, -0.15) is 5.10 Å². The van der Waals surface area contributed by atoms with Gasteiger partial charge in [-0.15, -0.1) is 0 Å². The zero-order valence-electron chi connectivity index (χ0n) is 14.7. The average molecular weight is 351 g/mol. The molecule has 2 aromatic heterocycles. The van der Waals surface area contributed by atoms with Gasteiger partial charge in [0.1, 0.15) is 18.3 Å². The Hall–Kier alpha value is -2.96. The molecular formula is C19H21N5O2. The second kappa shape index (κ2) is 6.74. The first kappa shape index (κ1) is 16.5. The fourth-order valence-electron chi connectivity index (χ4n) is 3.48. The SMILES string of the molecule is C[C@@H]1CCCN(C(=O)Cn2cnc3c(cnn3-c3ccccc3)c2=O)C1. The third-order valence-corrected chi connectivity index (χ3v) is 4.87. The number of fused-ring (bicyclic) bond motifs is 1. The summed E-state index contributed by atoms with van der Waals surface area (Å²) in [5, 5.41) is 4.71. The normalized spacial score (nSPS) is 17.6. The molecule has 1 aliphatic heterocycles. The molecule has 0 aliphatic carbocycles. The number of para-hydroxylation sites is 1. The van der Waals surface area contributed by atoms with E-state index in [1.54, 1.807) is 4.68 Å². The summed E-state index contributed by atoms with van der Waals surface area (Å²) in [5.41, 5.74) is 1.10. The van der Waals surface area contributed by atoms with Crippen molar-refractivity contribution in [1.29, 1.82) is 0 Å². The minimum absolute atomic E-state index is 0.0189. The molecule has 0 saturated carbocycles. The van der Waals surface area contributed by atoms with E-state index >= 15 is 0 Å². The van der Waals surface area contributed by atoms with Crippen molar-refractivity contribution in [3.8, 4) is 5.69 Å². The van der Waals surface area contributed by atoms with Gasteiger partial charge >= 0.3 is 0 Å². The zero-order valence-corrected chi connectivity index (χ0v) is 14.7. The van der Waals surface area contributed by atoms with Gasteiger partial charge in [0.05, 0.1) is 11.9 Å². The molecule has 134 valence electrons. The Balaban J connectivity index is 1.62. The first-order valence-corrected chi connectivity index (χ1v) is 8.90. The molecule has 7 nitrogen and oxygen atoms in total. The van der Waals surface area contributed by atoms with Crippen molar-refractivity contribution in [1.82, 2.24) is 24.2 Å². The first-order chi connectivity index (χ1) is 12.6. The van der Waals surface area contributed by atoms with Crippen molar-refractivity contribution >= 4 is 16.9 Å². The molecule has 26 heavy (non-hydrogen) atoms. The summed E-state index contributed by atoms with van der Waals surface area (Å²) in [6, 6.07) is 9.54. The lowest BCUT2D eigenvalue weighted by Gasteiger charge is -2.31. The molecule has 0 bridgehead atoms. The molecule has 1 aliphatic rings. The quantitative estimate of drug-likeness (QED) is 0.722. The van der Waals surface area contributed by atoms with Crippen LogP contribution in [0.2, 0.25) is 0 Å². The number of hydrogen-bond donors (Lipinski definition) is 0. The molecule has 1 atom stereocenters. The van der Waals surface area contributed by atoms with Crippen LogP contribution >= 0.6 is 0 Å². The summed E-state index contributed by atoms with van der Waals surface area (Å²) in [4.78, 5) is 31.5. The van der Waals surface area contributed by atoms with E-state index in [9.17, 15) is 9.59 Å². The van der Waals surface area contributed by atoms with Gasteiger partial charge in [-0.1, -0.05) is 25.1 Å². The van der Waals surface area contributed by atoms with E-state index in [1.807, 2.05) is 35.2 Å². The first-order valence-electron chi connectivity index (χ1n) is 8.90. The van der Waals surface area contributed by atoms with Crippen LogP contribution in [0.25, 0.3) is 16.7 Å². The van der Waals surface area contributed by atoms with Gasteiger partial charge in [-0.05, 0) is 30.9 Å². The molecule has 0 radical (unpaired) electrons. The molecule has 1 saturated heterocycles. The predicted octanol–water partition coefficient (Wildman–Crippen LogP) is 1.84. The van der Waals surface area contributed by atoms with E-state index in [4.69, 9.17) is 0 Å². The molecule has 0 N–H and O–H groups in total. The summed E-state index contributed by atoms with van der Waals surface area (Å²) in [6.45, 7) is 3.69. The Labute approximate surface area is 150 Å². The van der Waals surface area contributed by atoms with Gasteiger partial charge < -0.3 is 4.90 Å². The number of carbonyl (C=O) groups is 1. The lowest BCUT2D eigenvalue weighted by molar-refractivity contribution is -0.133. The van der Waals surface area contributed by atoms with Crippen LogP contribution < -0.4 is 5.56 Å². The second-order valence-corrected chi connectivity index (χ2v) is 6.89. The van der Waals surface area contributed by atoms with Gasteiger partial charge in [-0.3, -0.25) is 14.2 Å². The van der Waals surface area contributed by atoms with Crippen molar-refractivity contribution in [2.24, 2.45) is 5.92 Å². The number of aromatic nitrogens is 4. The molecule has 3 heterocycles. The van der Waals surface area contributed by atoms with Crippen molar-refractivity contribution in [3.05, 3.63) is 53.2 Å². The smallest absolute Gasteiger partial charge is 0.264 e. The summed E-state index contributed by atoms with van der Waals surface area (Å²) in [7, 11) is 0. The van der Waals surface area contributed by atoms with Crippen molar-refractivity contribution in [2.75, 3.05) is 13.1 Å². The van der Waals surface area contributed by atoms with E-state index in [1.165, 1.54) is 17.1 Å². The summed E-state index contributed by atoms with van der Waals surface area (Å²) in [6.07, 6.45) is 5.12. The molecule has 0 unspecified atom stereocenters. The van der Waals surface area contributed by atoms with Crippen LogP contribution in [0.1, 0.15) is 19.8 Å². The van der Waals surface area contributed by atoms with Crippen LogP contribution in [0.5, 0.6) is 0 Å². The van der Waals surface area contributed by atoms with Gasteiger partial charge in [0.15, 0.2) is 5.65 Å². The number of rotatable bonds is 3. The average Bonchev–Trinajstić information content (AvgIpc) is 3.09. The van der Waals surface area contributed by atoms with Crippen LogP contribution in [-0.4, -0.2) is 43.2 Å². The number of amides is 1. The maximum atomic E-state index is 12.8. The van der Waals surface area contributed by atoms with Crippen LogP contribution in [0.4, 0.5) is 0 Å². The highest BCUT2D eigenvalue weighted by molar-refractivity contribution is 5.78. The zero-order chi connectivity index (χ0) is 18.1. The molecule has 1 amide bonds. The van der Waals surface area contributed by atoms with Crippen molar-refractivity contribution in [2.45, 2.75) is 26.3 Å². The van der Waals surface area contributed by atoms with E-state index in [2.05, 4.69) is 17.0 Å². The molecule has 0 spiro atoms. The largest absolute Gasteiger partial charge is 0.341 e. The standard InChI is InChI=1S/C19H21N5O2/c1-14-6-5-9-22(11-14)17(25)12-23-13-20-18-16(19(23)26)10-21-24(18)15-7-3-2-4-8-15/h2-4,7-8,10,13-14H,5-6,9,11-12H2,1H3/t14-/m1/s1. The summed E-state index contributed by atoms with van der Waals surface area (Å²) in [5.74, 6) is 0.476. The predicted molar refractivity (Wildman–Crippen MR) is 98.1 cm³/mol. The Kier molecular flexibility index (Phi) is 4.28. The molecule has 1 aromatic carbocycles. The molecule has 7 heteroatoms. The lowest BCUT2D eigenvalue weighted by atomic mass is 10.0. The maximum Gasteiger partial charge on any atom is 0.264 e. The van der Waals surface area contributed by atoms with Crippen LogP contribution in [0.3, 0.4) is 0 Å². The van der Waals surface area contributed by atoms with Crippen molar-refractivity contribution < 1.29 is 4.79 Å². The third-order valence-electron chi connectivity index (χ3n) is 4.87. The number of hydrogen-bond acceptors (Lipinski definition) is 4. The van der Waals surface area contributed by atoms with Crippen molar-refractivity contribution in [3.63, 3.8) is 0 Å².